The van der Waals surface area contributed by atoms with Gasteiger partial charge in [-0.3, -0.25) is 4.79 Å². The van der Waals surface area contributed by atoms with Crippen LogP contribution in [0.15, 0.2) is 29.7 Å². The van der Waals surface area contributed by atoms with Crippen molar-refractivity contribution >= 4 is 25.3 Å². The van der Waals surface area contributed by atoms with Gasteiger partial charge in [-0.05, 0) is 71.5 Å². The van der Waals surface area contributed by atoms with Crippen LogP contribution in [-0.4, -0.2) is 47.6 Å². The molecule has 1 heterocycles. The van der Waals surface area contributed by atoms with Crippen molar-refractivity contribution in [3.8, 4) is 0 Å². The van der Waals surface area contributed by atoms with E-state index in [4.69, 9.17) is 19.2 Å². The number of aliphatic carboxylic acids is 1. The Morgan fingerprint density at radius 3 is 2.32 bits per heavy atom. The lowest BCUT2D eigenvalue weighted by Gasteiger charge is -2.32. The first-order valence-electron chi connectivity index (χ1n) is 10.5. The first kappa shape index (κ1) is 24.9. The van der Waals surface area contributed by atoms with Crippen LogP contribution in [0.3, 0.4) is 0 Å². The van der Waals surface area contributed by atoms with E-state index in [1.165, 1.54) is 0 Å². The second-order valence-electron chi connectivity index (χ2n) is 9.80. The smallest absolute Gasteiger partial charge is 0.481 e. The zero-order chi connectivity index (χ0) is 23.4. The minimum atomic E-state index is -0.833. The zero-order valence-electron chi connectivity index (χ0n) is 19.6. The van der Waals surface area contributed by atoms with E-state index in [-0.39, 0.29) is 13.0 Å². The molecule has 7 nitrogen and oxygen atoms in total. The maximum absolute atomic E-state index is 12.2. The van der Waals surface area contributed by atoms with Crippen LogP contribution in [0.1, 0.15) is 66.0 Å². The topological polar surface area (TPSA) is 94.1 Å². The van der Waals surface area contributed by atoms with Gasteiger partial charge >= 0.3 is 19.2 Å². The van der Waals surface area contributed by atoms with Gasteiger partial charge in [-0.25, -0.2) is 4.79 Å². The van der Waals surface area contributed by atoms with Crippen LogP contribution in [0.5, 0.6) is 0 Å². The lowest BCUT2D eigenvalue weighted by Crippen LogP contribution is -2.41. The molecule has 0 aromatic heterocycles. The van der Waals surface area contributed by atoms with Crippen molar-refractivity contribution in [1.82, 2.24) is 5.32 Å². The van der Waals surface area contributed by atoms with E-state index in [9.17, 15) is 9.59 Å². The highest BCUT2D eigenvalue weighted by molar-refractivity contribution is 6.56. The van der Waals surface area contributed by atoms with E-state index in [1.807, 2.05) is 58.0 Å². The summed E-state index contributed by atoms with van der Waals surface area (Å²) < 4.78 is 17.7. The molecule has 0 atom stereocenters. The average Bonchev–Trinajstić information content (AvgIpc) is 2.83. The van der Waals surface area contributed by atoms with Crippen LogP contribution < -0.4 is 5.32 Å². The van der Waals surface area contributed by atoms with Gasteiger partial charge in [0.1, 0.15) is 5.60 Å². The molecule has 1 aliphatic rings. The van der Waals surface area contributed by atoms with Crippen LogP contribution in [0.2, 0.25) is 0 Å². The Bertz CT molecular complexity index is 825. The van der Waals surface area contributed by atoms with E-state index in [0.29, 0.717) is 6.42 Å². The Hall–Kier alpha value is -2.32. The molecule has 8 heteroatoms. The molecule has 1 aromatic carbocycles. The number of aryl methyl sites for hydroxylation is 1. The summed E-state index contributed by atoms with van der Waals surface area (Å²) in [6.45, 7) is 13.5. The number of benzene rings is 1. The van der Waals surface area contributed by atoms with E-state index in [2.05, 4.69) is 5.32 Å². The second-order valence-corrected chi connectivity index (χ2v) is 9.80. The molecular formula is C23H34BNO6. The summed E-state index contributed by atoms with van der Waals surface area (Å²) >= 11 is 0. The highest BCUT2D eigenvalue weighted by Gasteiger charge is 2.52. The van der Waals surface area contributed by atoms with E-state index >= 15 is 0 Å². The number of rotatable bonds is 7. The standard InChI is InChI=1S/C23H34BNO6/c1-21(2,3)29-20(28)25-15-18(24-30-22(4,5)23(6,7)31-24)14-17-10-8-9-16(13-17)11-12-19(26)27/h8-10,13-14H,11-12,15H2,1-7H3,(H,25,28)(H,26,27). The Kier molecular flexibility index (Phi) is 7.60. The number of nitrogens with one attached hydrogen (secondary N) is 1. The van der Waals surface area contributed by atoms with Gasteiger partial charge < -0.3 is 24.5 Å². The van der Waals surface area contributed by atoms with Gasteiger partial charge in [-0.1, -0.05) is 30.3 Å². The number of carbonyl (C=O) groups excluding carboxylic acids is 1. The monoisotopic (exact) mass is 431 g/mol. The number of alkyl carbamates (subject to hydrolysis) is 1. The number of hydrogen-bond donors (Lipinski definition) is 2. The fourth-order valence-electron chi connectivity index (χ4n) is 2.99. The van der Waals surface area contributed by atoms with Crippen LogP contribution in [0, 0.1) is 0 Å². The lowest BCUT2D eigenvalue weighted by atomic mass is 9.77. The lowest BCUT2D eigenvalue weighted by molar-refractivity contribution is -0.136. The van der Waals surface area contributed by atoms with Crippen molar-refractivity contribution < 1.29 is 28.7 Å². The number of carbonyl (C=O) groups is 2. The van der Waals surface area contributed by atoms with Crippen molar-refractivity contribution in [3.63, 3.8) is 0 Å². The molecule has 1 amide bonds. The highest BCUT2D eigenvalue weighted by Crippen LogP contribution is 2.38. The first-order chi connectivity index (χ1) is 14.2. The van der Waals surface area contributed by atoms with Crippen molar-refractivity contribution in [1.29, 1.82) is 0 Å². The minimum Gasteiger partial charge on any atom is -0.481 e. The summed E-state index contributed by atoms with van der Waals surface area (Å²) in [6, 6.07) is 7.63. The van der Waals surface area contributed by atoms with Gasteiger partial charge in [0.05, 0.1) is 11.2 Å². The van der Waals surface area contributed by atoms with Crippen LogP contribution in [0.4, 0.5) is 4.79 Å². The molecule has 2 N–H and O–H groups in total. The Morgan fingerprint density at radius 2 is 1.77 bits per heavy atom. The normalized spacial score (nSPS) is 18.0. The molecule has 1 aromatic rings. The van der Waals surface area contributed by atoms with Gasteiger partial charge in [0.25, 0.3) is 0 Å². The van der Waals surface area contributed by atoms with Crippen LogP contribution in [-0.2, 0) is 25.3 Å². The second kappa shape index (κ2) is 9.45. The molecule has 1 aliphatic heterocycles. The predicted molar refractivity (Wildman–Crippen MR) is 121 cm³/mol. The highest BCUT2D eigenvalue weighted by atomic mass is 16.7. The Morgan fingerprint density at radius 1 is 1.16 bits per heavy atom. The molecule has 1 fully saturated rings. The number of carboxylic acids is 1. The molecular weight excluding hydrogens is 397 g/mol. The summed E-state index contributed by atoms with van der Waals surface area (Å²) in [5, 5.41) is 11.7. The summed E-state index contributed by atoms with van der Waals surface area (Å²) in [5.74, 6) is -0.833. The van der Waals surface area contributed by atoms with Crippen molar-refractivity contribution in [2.45, 2.75) is 78.1 Å². The van der Waals surface area contributed by atoms with E-state index in [0.717, 1.165) is 16.6 Å². The van der Waals surface area contributed by atoms with Crippen LogP contribution >= 0.6 is 0 Å². The average molecular weight is 431 g/mol. The maximum atomic E-state index is 12.2. The Labute approximate surface area is 185 Å². The fraction of sp³-hybridized carbons (Fsp3) is 0.565. The summed E-state index contributed by atoms with van der Waals surface area (Å²) in [7, 11) is -0.636. The summed E-state index contributed by atoms with van der Waals surface area (Å²) in [4.78, 5) is 23.1. The van der Waals surface area contributed by atoms with Crippen molar-refractivity contribution in [3.05, 3.63) is 40.9 Å². The zero-order valence-corrected chi connectivity index (χ0v) is 19.6. The molecule has 0 aliphatic carbocycles. The molecule has 0 spiro atoms. The number of carboxylic acid groups (broad SMARTS) is 1. The van der Waals surface area contributed by atoms with E-state index in [1.54, 1.807) is 20.8 Å². The Balaban J connectivity index is 2.26. The summed E-state index contributed by atoms with van der Waals surface area (Å²) in [6.07, 6.45) is 1.89. The van der Waals surface area contributed by atoms with Crippen molar-refractivity contribution in [2.24, 2.45) is 0 Å². The third-order valence-corrected chi connectivity index (χ3v) is 5.32. The minimum absolute atomic E-state index is 0.0669. The maximum Gasteiger partial charge on any atom is 0.492 e. The van der Waals surface area contributed by atoms with Gasteiger partial charge in [-0.2, -0.15) is 0 Å². The molecule has 170 valence electrons. The van der Waals surface area contributed by atoms with Crippen molar-refractivity contribution in [2.75, 3.05) is 6.54 Å². The van der Waals surface area contributed by atoms with Gasteiger partial charge in [0, 0.05) is 13.0 Å². The molecule has 1 saturated heterocycles. The largest absolute Gasteiger partial charge is 0.492 e. The van der Waals surface area contributed by atoms with E-state index < -0.39 is 36.0 Å². The van der Waals surface area contributed by atoms with Gasteiger partial charge in [0.2, 0.25) is 0 Å². The number of amides is 1. The fourth-order valence-corrected chi connectivity index (χ4v) is 2.99. The predicted octanol–water partition coefficient (Wildman–Crippen LogP) is 4.24. The molecule has 0 unspecified atom stereocenters. The molecule has 0 bridgehead atoms. The number of hydrogen-bond acceptors (Lipinski definition) is 5. The SMILES string of the molecule is CC(C)(C)OC(=O)NCC(=Cc1cccc(CCC(=O)O)c1)B1OC(C)(C)C(C)(C)O1. The van der Waals surface area contributed by atoms with Gasteiger partial charge in [0.15, 0.2) is 0 Å². The van der Waals surface area contributed by atoms with Gasteiger partial charge in [-0.15, -0.1) is 0 Å². The third-order valence-electron chi connectivity index (χ3n) is 5.32. The molecule has 2 rings (SSSR count). The molecule has 0 radical (unpaired) electrons. The van der Waals surface area contributed by atoms with Crippen LogP contribution in [0.25, 0.3) is 6.08 Å². The molecule has 31 heavy (non-hydrogen) atoms. The summed E-state index contributed by atoms with van der Waals surface area (Å²) in [5.41, 5.74) is 0.887. The molecule has 0 saturated carbocycles. The number of ether oxygens (including phenoxy) is 1. The third kappa shape index (κ3) is 7.40. The first-order valence-corrected chi connectivity index (χ1v) is 10.5. The quantitative estimate of drug-likeness (QED) is 0.627.